The van der Waals surface area contributed by atoms with Crippen LogP contribution < -0.4 is 10.1 Å². The molecule has 1 aliphatic rings. The molecule has 3 rings (SSSR count). The third kappa shape index (κ3) is 2.99. The molecule has 1 aromatic carbocycles. The van der Waals surface area contributed by atoms with Gasteiger partial charge in [-0.1, -0.05) is 12.1 Å². The lowest BCUT2D eigenvalue weighted by atomic mass is 10.1. The average molecular weight is 257 g/mol. The fraction of sp³-hybridized carbons (Fsp3) is 0.375. The third-order valence-electron chi connectivity index (χ3n) is 3.44. The Morgan fingerprint density at radius 1 is 1.21 bits per heavy atom. The maximum absolute atomic E-state index is 5.52. The zero-order valence-corrected chi connectivity index (χ0v) is 11.2. The second-order valence-corrected chi connectivity index (χ2v) is 4.98. The standard InChI is InChI=1S/C16H19NO2/c1-12-2-4-15(19-12)11-17-8-6-13-3-5-16-14(10-13)7-9-18-16/h2-5,10,17H,6-9,11H2,1H3. The Kier molecular flexibility index (Phi) is 3.56. The van der Waals surface area contributed by atoms with Crippen molar-refractivity contribution in [3.8, 4) is 5.75 Å². The molecule has 1 N–H and O–H groups in total. The minimum absolute atomic E-state index is 0.794. The van der Waals surface area contributed by atoms with E-state index in [9.17, 15) is 0 Å². The zero-order chi connectivity index (χ0) is 13.1. The molecule has 0 amide bonds. The van der Waals surface area contributed by atoms with E-state index < -0.39 is 0 Å². The van der Waals surface area contributed by atoms with Crippen LogP contribution in [0.3, 0.4) is 0 Å². The van der Waals surface area contributed by atoms with Crippen molar-refractivity contribution >= 4 is 0 Å². The number of ether oxygens (including phenoxy) is 1. The monoisotopic (exact) mass is 257 g/mol. The maximum Gasteiger partial charge on any atom is 0.122 e. The van der Waals surface area contributed by atoms with Crippen LogP contribution >= 0.6 is 0 Å². The van der Waals surface area contributed by atoms with Crippen molar-refractivity contribution in [2.45, 2.75) is 26.3 Å². The molecule has 0 spiro atoms. The highest BCUT2D eigenvalue weighted by molar-refractivity contribution is 5.39. The first-order valence-corrected chi connectivity index (χ1v) is 6.82. The molecule has 1 aliphatic heterocycles. The van der Waals surface area contributed by atoms with Gasteiger partial charge in [0, 0.05) is 6.42 Å². The Hall–Kier alpha value is -1.74. The second kappa shape index (κ2) is 5.49. The maximum atomic E-state index is 5.52. The molecule has 0 atom stereocenters. The summed E-state index contributed by atoms with van der Waals surface area (Å²) < 4.78 is 11.0. The Labute approximate surface area is 113 Å². The Bertz CT molecular complexity index is 560. The summed E-state index contributed by atoms with van der Waals surface area (Å²) in [6.07, 6.45) is 2.08. The quantitative estimate of drug-likeness (QED) is 0.836. The molecule has 100 valence electrons. The van der Waals surface area contributed by atoms with Crippen molar-refractivity contribution in [3.63, 3.8) is 0 Å². The Balaban J connectivity index is 1.47. The molecule has 3 heteroatoms. The smallest absolute Gasteiger partial charge is 0.122 e. The number of aryl methyl sites for hydroxylation is 1. The fourth-order valence-electron chi connectivity index (χ4n) is 2.42. The van der Waals surface area contributed by atoms with E-state index in [1.54, 1.807) is 0 Å². The first-order valence-electron chi connectivity index (χ1n) is 6.82. The van der Waals surface area contributed by atoms with Crippen LogP contribution in [0.25, 0.3) is 0 Å². The van der Waals surface area contributed by atoms with Gasteiger partial charge in [-0.15, -0.1) is 0 Å². The van der Waals surface area contributed by atoms with E-state index in [1.165, 1.54) is 11.1 Å². The highest BCUT2D eigenvalue weighted by atomic mass is 16.5. The summed E-state index contributed by atoms with van der Waals surface area (Å²) in [5.41, 5.74) is 2.71. The van der Waals surface area contributed by atoms with E-state index in [2.05, 4.69) is 23.5 Å². The molecule has 19 heavy (non-hydrogen) atoms. The highest BCUT2D eigenvalue weighted by Gasteiger charge is 2.11. The van der Waals surface area contributed by atoms with Gasteiger partial charge in [-0.25, -0.2) is 0 Å². The minimum atomic E-state index is 0.794. The highest BCUT2D eigenvalue weighted by Crippen LogP contribution is 2.25. The summed E-state index contributed by atoms with van der Waals surface area (Å²) in [6.45, 7) is 4.55. The van der Waals surface area contributed by atoms with E-state index in [4.69, 9.17) is 9.15 Å². The van der Waals surface area contributed by atoms with Gasteiger partial charge < -0.3 is 14.5 Å². The van der Waals surface area contributed by atoms with Crippen LogP contribution in [-0.4, -0.2) is 13.2 Å². The summed E-state index contributed by atoms with van der Waals surface area (Å²) in [4.78, 5) is 0. The lowest BCUT2D eigenvalue weighted by Crippen LogP contribution is -2.16. The molecule has 2 heterocycles. The van der Waals surface area contributed by atoms with Gasteiger partial charge in [-0.05, 0) is 49.2 Å². The first-order chi connectivity index (χ1) is 9.31. The van der Waals surface area contributed by atoms with Gasteiger partial charge in [0.25, 0.3) is 0 Å². The van der Waals surface area contributed by atoms with Crippen molar-refractivity contribution in [3.05, 3.63) is 53.0 Å². The number of nitrogens with one attached hydrogen (secondary N) is 1. The van der Waals surface area contributed by atoms with Gasteiger partial charge in [0.05, 0.1) is 13.2 Å². The number of hydrogen-bond donors (Lipinski definition) is 1. The van der Waals surface area contributed by atoms with E-state index in [0.717, 1.165) is 49.8 Å². The molecule has 3 nitrogen and oxygen atoms in total. The molecule has 0 fully saturated rings. The van der Waals surface area contributed by atoms with Crippen molar-refractivity contribution in [2.24, 2.45) is 0 Å². The normalized spacial score (nSPS) is 13.3. The van der Waals surface area contributed by atoms with Gasteiger partial charge in [0.15, 0.2) is 0 Å². The molecule has 0 radical (unpaired) electrons. The predicted molar refractivity (Wildman–Crippen MR) is 74.5 cm³/mol. The van der Waals surface area contributed by atoms with E-state index >= 15 is 0 Å². The number of furan rings is 1. The number of hydrogen-bond acceptors (Lipinski definition) is 3. The van der Waals surface area contributed by atoms with Gasteiger partial charge in [0.1, 0.15) is 17.3 Å². The first kappa shape index (κ1) is 12.3. The SMILES string of the molecule is Cc1ccc(CNCCc2ccc3c(c2)CCO3)o1. The van der Waals surface area contributed by atoms with E-state index in [1.807, 2.05) is 19.1 Å². The van der Waals surface area contributed by atoms with Crippen LogP contribution in [0.1, 0.15) is 22.6 Å². The van der Waals surface area contributed by atoms with Gasteiger partial charge in [-0.3, -0.25) is 0 Å². The minimum Gasteiger partial charge on any atom is -0.493 e. The van der Waals surface area contributed by atoms with Crippen LogP contribution in [0.15, 0.2) is 34.7 Å². The molecular formula is C16H19NO2. The van der Waals surface area contributed by atoms with Gasteiger partial charge in [0.2, 0.25) is 0 Å². The van der Waals surface area contributed by atoms with Crippen molar-refractivity contribution < 1.29 is 9.15 Å². The largest absolute Gasteiger partial charge is 0.493 e. The van der Waals surface area contributed by atoms with E-state index in [-0.39, 0.29) is 0 Å². The molecule has 0 saturated carbocycles. The number of benzene rings is 1. The van der Waals surface area contributed by atoms with Crippen LogP contribution in [0.4, 0.5) is 0 Å². The van der Waals surface area contributed by atoms with Gasteiger partial charge in [-0.2, -0.15) is 0 Å². The molecule has 0 aliphatic carbocycles. The summed E-state index contributed by atoms with van der Waals surface area (Å²) in [5.74, 6) is 3.03. The predicted octanol–water partition coefficient (Wildman–Crippen LogP) is 2.86. The lowest BCUT2D eigenvalue weighted by Gasteiger charge is -2.05. The van der Waals surface area contributed by atoms with Crippen molar-refractivity contribution in [2.75, 3.05) is 13.2 Å². The summed E-state index contributed by atoms with van der Waals surface area (Å²) in [7, 11) is 0. The van der Waals surface area contributed by atoms with Crippen LogP contribution in [0.5, 0.6) is 5.75 Å². The molecule has 0 bridgehead atoms. The third-order valence-corrected chi connectivity index (χ3v) is 3.44. The number of rotatable bonds is 5. The molecule has 0 saturated heterocycles. The van der Waals surface area contributed by atoms with Gasteiger partial charge >= 0.3 is 0 Å². The second-order valence-electron chi connectivity index (χ2n) is 4.98. The number of fused-ring (bicyclic) bond motifs is 1. The Morgan fingerprint density at radius 3 is 3.00 bits per heavy atom. The Morgan fingerprint density at radius 2 is 2.16 bits per heavy atom. The molecule has 2 aromatic rings. The topological polar surface area (TPSA) is 34.4 Å². The summed E-state index contributed by atoms with van der Waals surface area (Å²) >= 11 is 0. The fourth-order valence-corrected chi connectivity index (χ4v) is 2.42. The average Bonchev–Trinajstić information content (AvgIpc) is 3.03. The summed E-state index contributed by atoms with van der Waals surface area (Å²) in [5, 5.41) is 3.41. The summed E-state index contributed by atoms with van der Waals surface area (Å²) in [6, 6.07) is 10.5. The zero-order valence-electron chi connectivity index (χ0n) is 11.2. The van der Waals surface area contributed by atoms with Crippen LogP contribution in [0.2, 0.25) is 0 Å². The molecule has 0 unspecified atom stereocenters. The van der Waals surface area contributed by atoms with Crippen LogP contribution in [0, 0.1) is 6.92 Å². The van der Waals surface area contributed by atoms with E-state index in [0.29, 0.717) is 0 Å². The lowest BCUT2D eigenvalue weighted by molar-refractivity contribution is 0.357. The molecular weight excluding hydrogens is 238 g/mol. The van der Waals surface area contributed by atoms with Crippen molar-refractivity contribution in [1.29, 1.82) is 0 Å². The molecule has 1 aromatic heterocycles. The van der Waals surface area contributed by atoms with Crippen molar-refractivity contribution in [1.82, 2.24) is 5.32 Å². The van der Waals surface area contributed by atoms with Crippen LogP contribution in [-0.2, 0) is 19.4 Å².